The minimum Gasteiger partial charge on any atom is -0.450 e. The number of hydrogen-bond donors (Lipinski definition) is 0. The number of anilines is 1. The molecule has 2 amide bonds. The van der Waals surface area contributed by atoms with Crippen LogP contribution in [-0.4, -0.2) is 35.6 Å². The van der Waals surface area contributed by atoms with Gasteiger partial charge in [0.1, 0.15) is 5.82 Å². The number of ketones is 1. The van der Waals surface area contributed by atoms with Crippen LogP contribution in [0.25, 0.3) is 0 Å². The number of Topliss-reactive ketones (excluding diaryl/α,β-unsaturated/α-hetero) is 1. The fourth-order valence-electron chi connectivity index (χ4n) is 5.57. The molecular weight excluding hydrogens is 521 g/mol. The third-order valence-corrected chi connectivity index (χ3v) is 7.80. The number of amides is 2. The Morgan fingerprint density at radius 2 is 1.62 bits per heavy atom. The molecule has 0 spiro atoms. The lowest BCUT2D eigenvalue weighted by Gasteiger charge is -2.28. The Morgan fingerprint density at radius 3 is 2.33 bits per heavy atom. The van der Waals surface area contributed by atoms with Gasteiger partial charge in [-0.3, -0.25) is 19.3 Å². The van der Waals surface area contributed by atoms with Crippen LogP contribution in [-0.2, 0) is 14.3 Å². The number of carbonyl (C=O) groups excluding carboxylic acids is 4. The van der Waals surface area contributed by atoms with Crippen molar-refractivity contribution < 1.29 is 28.3 Å². The van der Waals surface area contributed by atoms with E-state index in [0.29, 0.717) is 18.5 Å². The Bertz CT molecular complexity index is 1390. The maximum atomic E-state index is 13.4. The van der Waals surface area contributed by atoms with Gasteiger partial charge in [-0.05, 0) is 73.2 Å². The first kappa shape index (κ1) is 26.8. The van der Waals surface area contributed by atoms with Crippen LogP contribution in [0, 0.1) is 17.7 Å². The Balaban J connectivity index is 1.32. The number of halogens is 2. The summed E-state index contributed by atoms with van der Waals surface area (Å²) in [7, 11) is 0. The first-order valence-corrected chi connectivity index (χ1v) is 13.5. The molecule has 1 saturated carbocycles. The average Bonchev–Trinajstić information content (AvgIpc) is 3.22. The lowest BCUT2D eigenvalue weighted by Crippen LogP contribution is -2.31. The molecule has 200 valence electrons. The number of imide groups is 1. The van der Waals surface area contributed by atoms with Gasteiger partial charge in [-0.25, -0.2) is 9.18 Å². The summed E-state index contributed by atoms with van der Waals surface area (Å²) in [5, 5.41) is 0. The number of fused-ring (bicyclic) bond motifs is 1. The number of benzene rings is 3. The van der Waals surface area contributed by atoms with Crippen molar-refractivity contribution in [2.24, 2.45) is 11.8 Å². The van der Waals surface area contributed by atoms with Gasteiger partial charge in [0.2, 0.25) is 17.6 Å². The zero-order chi connectivity index (χ0) is 27.5. The van der Waals surface area contributed by atoms with Gasteiger partial charge < -0.3 is 4.74 Å². The second-order valence-electron chi connectivity index (χ2n) is 9.94. The van der Waals surface area contributed by atoms with Crippen LogP contribution in [0.5, 0.6) is 0 Å². The molecule has 1 heterocycles. The summed E-state index contributed by atoms with van der Waals surface area (Å²) in [5.41, 5.74) is 1.75. The number of carbonyl (C=O) groups is 4. The van der Waals surface area contributed by atoms with Gasteiger partial charge in [-0.2, -0.15) is 0 Å². The molecule has 3 aromatic carbocycles. The molecule has 0 bridgehead atoms. The predicted octanol–water partition coefficient (Wildman–Crippen LogP) is 5.94. The van der Waals surface area contributed by atoms with Crippen LogP contribution in [0.2, 0.25) is 0 Å². The molecule has 1 aliphatic carbocycles. The van der Waals surface area contributed by atoms with E-state index in [4.69, 9.17) is 16.3 Å². The molecule has 1 aliphatic heterocycles. The van der Waals surface area contributed by atoms with Crippen molar-refractivity contribution in [3.05, 3.63) is 101 Å². The lowest BCUT2D eigenvalue weighted by molar-refractivity contribution is -0.122. The minimum atomic E-state index is -1.17. The maximum Gasteiger partial charge on any atom is 0.338 e. The van der Waals surface area contributed by atoms with Crippen LogP contribution >= 0.6 is 11.6 Å². The number of nitrogens with zero attached hydrogens (tertiary/aromatic N) is 1. The largest absolute Gasteiger partial charge is 0.450 e. The summed E-state index contributed by atoms with van der Waals surface area (Å²) in [4.78, 5) is 53.9. The lowest BCUT2D eigenvalue weighted by atomic mass is 9.73. The van der Waals surface area contributed by atoms with E-state index >= 15 is 0 Å². The van der Waals surface area contributed by atoms with E-state index < -0.39 is 29.6 Å². The highest BCUT2D eigenvalue weighted by atomic mass is 35.5. The molecule has 0 N–H and O–H groups in total. The van der Waals surface area contributed by atoms with Crippen LogP contribution in [0.1, 0.15) is 57.9 Å². The van der Waals surface area contributed by atoms with E-state index in [1.54, 1.807) is 12.1 Å². The molecule has 0 unspecified atom stereocenters. The SMILES string of the molecule is O=C(O[C@@H](CCCl)C(=O)c1ccc(F)cc1)c1cccc(N2C(=O)[C@H]3CC[C@@H](c4ccccc4)C[C@H]3C2=O)c1. The first-order valence-electron chi connectivity index (χ1n) is 13.0. The number of hydrogen-bond acceptors (Lipinski definition) is 5. The van der Waals surface area contributed by atoms with Gasteiger partial charge in [-0.1, -0.05) is 36.4 Å². The maximum absolute atomic E-state index is 13.4. The summed E-state index contributed by atoms with van der Waals surface area (Å²) in [6, 6.07) is 21.1. The van der Waals surface area contributed by atoms with E-state index in [2.05, 4.69) is 12.1 Å². The van der Waals surface area contributed by atoms with Gasteiger partial charge >= 0.3 is 5.97 Å². The van der Waals surface area contributed by atoms with Gasteiger partial charge in [0, 0.05) is 17.9 Å². The van der Waals surface area contributed by atoms with Crippen molar-refractivity contribution in [3.8, 4) is 0 Å². The number of rotatable bonds is 8. The highest BCUT2D eigenvalue weighted by molar-refractivity contribution is 6.22. The topological polar surface area (TPSA) is 80.8 Å². The summed E-state index contributed by atoms with van der Waals surface area (Å²) >= 11 is 5.85. The van der Waals surface area contributed by atoms with Crippen molar-refractivity contribution in [1.29, 1.82) is 0 Å². The molecule has 1 saturated heterocycles. The summed E-state index contributed by atoms with van der Waals surface area (Å²) in [6.07, 6.45) is 0.950. The van der Waals surface area contributed by atoms with E-state index in [1.165, 1.54) is 34.7 Å². The van der Waals surface area contributed by atoms with Crippen LogP contribution in [0.3, 0.4) is 0 Å². The van der Waals surface area contributed by atoms with Crippen molar-refractivity contribution in [1.82, 2.24) is 0 Å². The average molecular weight is 548 g/mol. The molecule has 2 fully saturated rings. The van der Waals surface area contributed by atoms with Gasteiger partial charge in [0.15, 0.2) is 6.10 Å². The quantitative estimate of drug-likeness (QED) is 0.151. The monoisotopic (exact) mass is 547 g/mol. The number of alkyl halides is 1. The Morgan fingerprint density at radius 1 is 0.897 bits per heavy atom. The minimum absolute atomic E-state index is 0.0639. The standard InChI is InChI=1S/C31H27ClFNO5/c32-16-15-27(28(35)20-9-12-23(33)13-10-20)39-31(38)22-7-4-8-24(17-22)34-29(36)25-14-11-21(18-26(25)30(34)37)19-5-2-1-3-6-19/h1-10,12-13,17,21,25-27H,11,14-16,18H2/t21-,25+,26-,27+/m1/s1. The zero-order valence-corrected chi connectivity index (χ0v) is 21.9. The second kappa shape index (κ2) is 11.5. The summed E-state index contributed by atoms with van der Waals surface area (Å²) < 4.78 is 18.8. The molecule has 4 atom stereocenters. The summed E-state index contributed by atoms with van der Waals surface area (Å²) in [6.45, 7) is 0. The van der Waals surface area contributed by atoms with Crippen molar-refractivity contribution in [3.63, 3.8) is 0 Å². The van der Waals surface area contributed by atoms with Crippen LogP contribution < -0.4 is 4.90 Å². The predicted molar refractivity (Wildman–Crippen MR) is 144 cm³/mol. The Kier molecular flexibility index (Phi) is 7.89. The molecule has 39 heavy (non-hydrogen) atoms. The Hall–Kier alpha value is -3.84. The molecule has 0 radical (unpaired) electrons. The van der Waals surface area contributed by atoms with Gasteiger partial charge in [0.05, 0.1) is 23.1 Å². The third kappa shape index (κ3) is 5.50. The zero-order valence-electron chi connectivity index (χ0n) is 21.1. The highest BCUT2D eigenvalue weighted by Gasteiger charge is 2.50. The smallest absolute Gasteiger partial charge is 0.338 e. The van der Waals surface area contributed by atoms with Crippen LogP contribution in [0.4, 0.5) is 10.1 Å². The van der Waals surface area contributed by atoms with Gasteiger partial charge in [0.25, 0.3) is 0 Å². The fourth-order valence-corrected chi connectivity index (χ4v) is 5.77. The first-order chi connectivity index (χ1) is 18.9. The van der Waals surface area contributed by atoms with E-state index in [-0.39, 0.29) is 47.1 Å². The molecular formula is C31H27ClFNO5. The van der Waals surface area contributed by atoms with E-state index in [0.717, 1.165) is 18.6 Å². The van der Waals surface area contributed by atoms with Crippen molar-refractivity contribution in [2.45, 2.75) is 37.7 Å². The molecule has 3 aromatic rings. The molecule has 0 aromatic heterocycles. The fraction of sp³-hybridized carbons (Fsp3) is 0.290. The normalized spacial score (nSPS) is 21.4. The molecule has 2 aliphatic rings. The Labute approximate surface area is 230 Å². The molecule has 6 nitrogen and oxygen atoms in total. The third-order valence-electron chi connectivity index (χ3n) is 7.58. The summed E-state index contributed by atoms with van der Waals surface area (Å²) in [5.74, 6) is -2.81. The molecule has 8 heteroatoms. The van der Waals surface area contributed by atoms with Gasteiger partial charge in [-0.15, -0.1) is 11.6 Å². The molecule has 5 rings (SSSR count). The van der Waals surface area contributed by atoms with Crippen molar-refractivity contribution >= 4 is 40.9 Å². The second-order valence-corrected chi connectivity index (χ2v) is 10.3. The van der Waals surface area contributed by atoms with Crippen molar-refractivity contribution in [2.75, 3.05) is 10.8 Å². The number of ether oxygens (including phenoxy) is 1. The highest BCUT2D eigenvalue weighted by Crippen LogP contribution is 2.45. The van der Waals surface area contributed by atoms with Crippen LogP contribution in [0.15, 0.2) is 78.9 Å². The van der Waals surface area contributed by atoms with E-state index in [9.17, 15) is 23.6 Å². The number of esters is 1. The van der Waals surface area contributed by atoms with E-state index in [1.807, 2.05) is 18.2 Å².